The van der Waals surface area contributed by atoms with Crippen LogP contribution in [0.5, 0.6) is 5.75 Å². The highest BCUT2D eigenvalue weighted by molar-refractivity contribution is 5.90. The minimum atomic E-state index is -0.416. The molecule has 1 aromatic rings. The van der Waals surface area contributed by atoms with Crippen LogP contribution in [0.1, 0.15) is 46.0 Å². The van der Waals surface area contributed by atoms with E-state index in [0.29, 0.717) is 24.5 Å². The Kier molecular flexibility index (Phi) is 8.58. The fourth-order valence-corrected chi connectivity index (χ4v) is 2.99. The van der Waals surface area contributed by atoms with Crippen LogP contribution in [0.25, 0.3) is 0 Å². The summed E-state index contributed by atoms with van der Waals surface area (Å²) < 4.78 is 10.1. The van der Waals surface area contributed by atoms with E-state index >= 15 is 0 Å². The van der Waals surface area contributed by atoms with E-state index in [9.17, 15) is 14.4 Å². The largest absolute Gasteiger partial charge is 0.482 e. The highest BCUT2D eigenvalue weighted by Crippen LogP contribution is 2.17. The number of carbonyl (C=O) groups excluding carboxylic acids is 3. The van der Waals surface area contributed by atoms with E-state index in [4.69, 9.17) is 9.47 Å². The monoisotopic (exact) mass is 391 g/mol. The van der Waals surface area contributed by atoms with Gasteiger partial charge in [0, 0.05) is 18.2 Å². The van der Waals surface area contributed by atoms with Gasteiger partial charge in [0.25, 0.3) is 0 Å². The van der Waals surface area contributed by atoms with Crippen LogP contribution in [-0.2, 0) is 14.3 Å². The van der Waals surface area contributed by atoms with Gasteiger partial charge in [0.15, 0.2) is 6.61 Å². The van der Waals surface area contributed by atoms with E-state index in [0.717, 1.165) is 25.7 Å². The van der Waals surface area contributed by atoms with Gasteiger partial charge in [-0.25, -0.2) is 9.59 Å². The number of urea groups is 1. The van der Waals surface area contributed by atoms with Gasteiger partial charge in [-0.05, 0) is 51.0 Å². The molecule has 1 aromatic carbocycles. The summed E-state index contributed by atoms with van der Waals surface area (Å²) in [5.41, 5.74) is 0.682. The van der Waals surface area contributed by atoms with E-state index < -0.39 is 5.97 Å². The van der Waals surface area contributed by atoms with Gasteiger partial charge in [-0.2, -0.15) is 0 Å². The van der Waals surface area contributed by atoms with Gasteiger partial charge in [0.05, 0.1) is 12.6 Å². The van der Waals surface area contributed by atoms with Crippen molar-refractivity contribution in [2.75, 3.05) is 18.5 Å². The van der Waals surface area contributed by atoms with Crippen LogP contribution in [0.15, 0.2) is 24.3 Å². The summed E-state index contributed by atoms with van der Waals surface area (Å²) in [4.78, 5) is 34.5. The Morgan fingerprint density at radius 3 is 2.50 bits per heavy atom. The second-order valence-electron chi connectivity index (χ2n) is 6.78. The van der Waals surface area contributed by atoms with E-state index in [-0.39, 0.29) is 30.6 Å². The van der Waals surface area contributed by atoms with Gasteiger partial charge in [-0.15, -0.1) is 0 Å². The number of rotatable bonds is 11. The molecule has 0 saturated carbocycles. The van der Waals surface area contributed by atoms with Crippen LogP contribution in [0.3, 0.4) is 0 Å². The molecular formula is C20H29N3O5. The van der Waals surface area contributed by atoms with Crippen molar-refractivity contribution in [1.82, 2.24) is 10.6 Å². The lowest BCUT2D eigenvalue weighted by Crippen LogP contribution is -2.30. The first kappa shape index (κ1) is 21.5. The molecule has 0 radical (unpaired) electrons. The Labute approximate surface area is 165 Å². The molecule has 3 N–H and O–H groups in total. The number of hydrogen-bond donors (Lipinski definition) is 3. The molecule has 0 bridgehead atoms. The maximum absolute atomic E-state index is 12.0. The quantitative estimate of drug-likeness (QED) is 0.397. The maximum atomic E-state index is 12.0. The summed E-state index contributed by atoms with van der Waals surface area (Å²) >= 11 is 0. The molecule has 1 aliphatic rings. The summed E-state index contributed by atoms with van der Waals surface area (Å²) in [6.07, 6.45) is 4.07. The number of benzene rings is 1. The van der Waals surface area contributed by atoms with Crippen molar-refractivity contribution in [2.45, 2.75) is 58.0 Å². The number of carbonyl (C=O) groups is 3. The van der Waals surface area contributed by atoms with Gasteiger partial charge in [0.2, 0.25) is 5.91 Å². The van der Waals surface area contributed by atoms with Gasteiger partial charge < -0.3 is 25.4 Å². The Balaban J connectivity index is 1.59. The molecule has 0 aliphatic carbocycles. The molecule has 8 nitrogen and oxygen atoms in total. The Hall–Kier alpha value is -2.77. The fourth-order valence-electron chi connectivity index (χ4n) is 2.99. The van der Waals surface area contributed by atoms with Gasteiger partial charge in [0.1, 0.15) is 5.75 Å². The highest BCUT2D eigenvalue weighted by Gasteiger charge is 2.26. The minimum absolute atomic E-state index is 0.0376. The third-order valence-electron chi connectivity index (χ3n) is 4.50. The summed E-state index contributed by atoms with van der Waals surface area (Å²) in [5.74, 6) is 0.0825. The number of nitrogens with one attached hydrogen (secondary N) is 3. The Bertz CT molecular complexity index is 662. The second-order valence-corrected chi connectivity index (χ2v) is 6.78. The van der Waals surface area contributed by atoms with E-state index in [1.165, 1.54) is 0 Å². The zero-order chi connectivity index (χ0) is 20.4. The van der Waals surface area contributed by atoms with Crippen LogP contribution in [-0.4, -0.2) is 43.2 Å². The van der Waals surface area contributed by atoms with Crippen molar-refractivity contribution in [3.8, 4) is 5.75 Å². The molecular weight excluding hydrogens is 362 g/mol. The van der Waals surface area contributed by atoms with Crippen molar-refractivity contribution in [3.05, 3.63) is 24.3 Å². The number of amides is 3. The molecule has 0 aromatic heterocycles. The number of ether oxygens (including phenoxy) is 2. The van der Waals surface area contributed by atoms with Crippen molar-refractivity contribution in [3.63, 3.8) is 0 Å². The molecule has 2 rings (SSSR count). The number of hydrogen-bond acceptors (Lipinski definition) is 5. The lowest BCUT2D eigenvalue weighted by molar-refractivity contribution is -0.145. The summed E-state index contributed by atoms with van der Waals surface area (Å²) in [7, 11) is 0. The molecule has 1 fully saturated rings. The SMILES string of the molecule is CCOC(=O)COc1ccc(NC(=O)CCCCC[C@H]2NC(=O)N[C@H]2C)cc1. The van der Waals surface area contributed by atoms with Gasteiger partial charge in [-0.1, -0.05) is 12.8 Å². The topological polar surface area (TPSA) is 106 Å². The summed E-state index contributed by atoms with van der Waals surface area (Å²) in [5, 5.41) is 8.57. The molecule has 8 heteroatoms. The van der Waals surface area contributed by atoms with Gasteiger partial charge in [-0.3, -0.25) is 4.79 Å². The lowest BCUT2D eigenvalue weighted by atomic mass is 10.0. The minimum Gasteiger partial charge on any atom is -0.482 e. The molecule has 0 spiro atoms. The third-order valence-corrected chi connectivity index (χ3v) is 4.50. The fraction of sp³-hybridized carbons (Fsp3) is 0.550. The zero-order valence-electron chi connectivity index (χ0n) is 16.5. The zero-order valence-corrected chi connectivity index (χ0v) is 16.5. The summed E-state index contributed by atoms with van der Waals surface area (Å²) in [6, 6.07) is 7.07. The van der Waals surface area contributed by atoms with Crippen LogP contribution in [0, 0.1) is 0 Å². The number of unbranched alkanes of at least 4 members (excludes halogenated alkanes) is 2. The smallest absolute Gasteiger partial charge is 0.344 e. The Morgan fingerprint density at radius 2 is 1.86 bits per heavy atom. The van der Waals surface area contributed by atoms with Crippen molar-refractivity contribution in [2.24, 2.45) is 0 Å². The van der Waals surface area contributed by atoms with Crippen molar-refractivity contribution in [1.29, 1.82) is 0 Å². The van der Waals surface area contributed by atoms with Gasteiger partial charge >= 0.3 is 12.0 Å². The number of esters is 1. The first-order valence-electron chi connectivity index (χ1n) is 9.73. The molecule has 2 atom stereocenters. The average Bonchev–Trinajstić information content (AvgIpc) is 2.98. The highest BCUT2D eigenvalue weighted by atomic mass is 16.6. The third kappa shape index (κ3) is 7.46. The lowest BCUT2D eigenvalue weighted by Gasteiger charge is -2.13. The molecule has 154 valence electrons. The van der Waals surface area contributed by atoms with E-state index in [2.05, 4.69) is 16.0 Å². The Morgan fingerprint density at radius 1 is 1.11 bits per heavy atom. The summed E-state index contributed by atoms with van der Waals surface area (Å²) in [6.45, 7) is 3.91. The predicted octanol–water partition coefficient (Wildman–Crippen LogP) is 2.59. The molecule has 1 saturated heterocycles. The molecule has 28 heavy (non-hydrogen) atoms. The molecule has 1 aliphatic heterocycles. The van der Waals surface area contributed by atoms with E-state index in [1.807, 2.05) is 6.92 Å². The van der Waals surface area contributed by atoms with E-state index in [1.54, 1.807) is 31.2 Å². The van der Waals surface area contributed by atoms with Crippen molar-refractivity contribution >= 4 is 23.6 Å². The van der Waals surface area contributed by atoms with Crippen LogP contribution < -0.4 is 20.7 Å². The molecule has 3 amide bonds. The maximum Gasteiger partial charge on any atom is 0.344 e. The normalized spacial score (nSPS) is 18.1. The van der Waals surface area contributed by atoms with Crippen molar-refractivity contribution < 1.29 is 23.9 Å². The van der Waals surface area contributed by atoms with Crippen LogP contribution in [0.2, 0.25) is 0 Å². The molecule has 1 heterocycles. The molecule has 0 unspecified atom stereocenters. The second kappa shape index (κ2) is 11.2. The number of anilines is 1. The predicted molar refractivity (Wildman–Crippen MR) is 105 cm³/mol. The van der Waals surface area contributed by atoms with Crippen LogP contribution in [0.4, 0.5) is 10.5 Å². The van der Waals surface area contributed by atoms with Crippen LogP contribution >= 0.6 is 0 Å². The average molecular weight is 391 g/mol. The first-order valence-corrected chi connectivity index (χ1v) is 9.73. The first-order chi connectivity index (χ1) is 13.5. The standard InChI is InChI=1S/C20H29N3O5/c1-3-27-19(25)13-28-16-11-9-15(10-12-16)22-18(24)8-6-4-5-7-17-14(2)21-20(26)23-17/h9-12,14,17H,3-8,13H2,1-2H3,(H,22,24)(H2,21,23,26)/t14-,17+/m0/s1.